The molecule has 0 nitrogen and oxygen atoms in total. The highest BCUT2D eigenvalue weighted by atomic mass is 33.1. The van der Waals surface area contributed by atoms with Crippen LogP contribution in [0, 0.1) is 0 Å². The summed E-state index contributed by atoms with van der Waals surface area (Å²) in [6.07, 6.45) is 45.7. The van der Waals surface area contributed by atoms with Crippen molar-refractivity contribution in [3.8, 4) is 0 Å². The predicted octanol–water partition coefficient (Wildman–Crippen LogP) is 16.9. The first-order valence-electron chi connectivity index (χ1n) is 19.4. The zero-order valence-corrected chi connectivity index (χ0v) is 34.4. The Morgan fingerprint density at radius 1 is 0.295 bits per heavy atom. The molecule has 0 unspecified atom stereocenters. The van der Waals surface area contributed by atoms with E-state index in [9.17, 15) is 0 Å². The molecule has 0 aromatic heterocycles. The van der Waals surface area contributed by atoms with E-state index in [2.05, 4.69) is 13.8 Å². The van der Waals surface area contributed by atoms with Crippen LogP contribution in [0.3, 0.4) is 0 Å². The first-order valence-corrected chi connectivity index (χ1v) is 24.3. The van der Waals surface area contributed by atoms with Crippen molar-refractivity contribution in [1.82, 2.24) is 0 Å². The SMILES string of the molecule is CCCCCCCCCCCCCCCCCCSC(=S)SSC(=S)SCCCCCCCCCCCCCCCCCC. The van der Waals surface area contributed by atoms with Crippen molar-refractivity contribution in [2.75, 3.05) is 11.5 Å². The Bertz CT molecular complexity index is 532. The first-order chi connectivity index (χ1) is 21.7. The van der Waals surface area contributed by atoms with Crippen LogP contribution < -0.4 is 0 Å². The van der Waals surface area contributed by atoms with Gasteiger partial charge in [0, 0.05) is 0 Å². The lowest BCUT2D eigenvalue weighted by Crippen LogP contribution is -1.88. The van der Waals surface area contributed by atoms with Gasteiger partial charge in [-0.2, -0.15) is 0 Å². The van der Waals surface area contributed by atoms with Crippen molar-refractivity contribution in [2.24, 2.45) is 0 Å². The third-order valence-electron chi connectivity index (χ3n) is 8.61. The van der Waals surface area contributed by atoms with Crippen molar-refractivity contribution < 1.29 is 0 Å². The van der Waals surface area contributed by atoms with Gasteiger partial charge in [-0.3, -0.25) is 0 Å². The number of rotatable bonds is 34. The average molecular weight is 723 g/mol. The second-order valence-corrected chi connectivity index (χ2v) is 19.7. The Labute approximate surface area is 305 Å². The van der Waals surface area contributed by atoms with E-state index in [1.165, 1.54) is 217 Å². The Kier molecular flexibility index (Phi) is 42.2. The summed E-state index contributed by atoms with van der Waals surface area (Å²) in [4.78, 5) is 0. The molecule has 0 spiro atoms. The van der Waals surface area contributed by atoms with Gasteiger partial charge in [-0.1, -0.05) is 231 Å². The van der Waals surface area contributed by atoms with Crippen LogP contribution in [0.25, 0.3) is 0 Å². The molecule has 0 heterocycles. The van der Waals surface area contributed by atoms with Gasteiger partial charge >= 0.3 is 0 Å². The normalized spacial score (nSPS) is 11.4. The van der Waals surface area contributed by atoms with Crippen LogP contribution in [0.2, 0.25) is 0 Å². The highest BCUT2D eigenvalue weighted by molar-refractivity contribution is 8.96. The minimum absolute atomic E-state index is 1.06. The number of unbranched alkanes of at least 4 members (excludes halogenated alkanes) is 30. The van der Waals surface area contributed by atoms with Crippen LogP contribution in [0.4, 0.5) is 0 Å². The van der Waals surface area contributed by atoms with E-state index in [-0.39, 0.29) is 0 Å². The van der Waals surface area contributed by atoms with Gasteiger partial charge in [-0.05, 0) is 45.9 Å². The maximum atomic E-state index is 5.58. The van der Waals surface area contributed by atoms with Crippen LogP contribution in [0.1, 0.15) is 219 Å². The van der Waals surface area contributed by atoms with Crippen LogP contribution in [0.5, 0.6) is 0 Å². The monoisotopic (exact) mass is 722 g/mol. The Balaban J connectivity index is 3.26. The third kappa shape index (κ3) is 39.8. The van der Waals surface area contributed by atoms with Gasteiger partial charge in [0.2, 0.25) is 0 Å². The summed E-state index contributed by atoms with van der Waals surface area (Å²) in [7, 11) is 3.42. The molecule has 0 atom stereocenters. The molecule has 0 saturated heterocycles. The van der Waals surface area contributed by atoms with E-state index in [0.29, 0.717) is 0 Å². The van der Waals surface area contributed by atoms with Crippen LogP contribution in [-0.4, -0.2) is 18.6 Å². The molecule has 262 valence electrons. The molecule has 0 N–H and O–H groups in total. The minimum Gasteiger partial charge on any atom is -0.107 e. The van der Waals surface area contributed by atoms with Crippen molar-refractivity contribution in [3.05, 3.63) is 0 Å². The van der Waals surface area contributed by atoms with Gasteiger partial charge in [0.15, 0.2) is 0 Å². The van der Waals surface area contributed by atoms with E-state index < -0.39 is 0 Å². The first kappa shape index (κ1) is 45.6. The Hall–Kier alpha value is 1.58. The molecule has 44 heavy (non-hydrogen) atoms. The molecular formula is C38H74S6. The van der Waals surface area contributed by atoms with Crippen molar-refractivity contribution >= 4 is 76.6 Å². The molecule has 0 aliphatic carbocycles. The molecule has 0 bridgehead atoms. The summed E-state index contributed by atoms with van der Waals surface area (Å²) in [5, 5.41) is 0. The lowest BCUT2D eigenvalue weighted by molar-refractivity contribution is 0.532. The van der Waals surface area contributed by atoms with Crippen molar-refractivity contribution in [3.63, 3.8) is 0 Å². The molecule has 0 aromatic carbocycles. The molecule has 0 fully saturated rings. The molecule has 0 rings (SSSR count). The van der Waals surface area contributed by atoms with Gasteiger partial charge in [-0.25, -0.2) is 0 Å². The van der Waals surface area contributed by atoms with Gasteiger partial charge in [0.25, 0.3) is 0 Å². The second kappa shape index (κ2) is 40.8. The standard InChI is InChI=1S/C38H74S6/c1-3-5-7-9-11-13-15-17-19-21-23-25-27-29-31-33-35-41-37(39)43-44-38(40)42-36-34-32-30-28-26-24-22-20-18-16-14-12-10-8-6-4-2/h3-36H2,1-2H3. The topological polar surface area (TPSA) is 0 Å². The number of thioether (sulfide) groups is 2. The lowest BCUT2D eigenvalue weighted by Gasteiger charge is -2.05. The number of thiocarbonyl (C=S) groups is 2. The predicted molar refractivity (Wildman–Crippen MR) is 224 cm³/mol. The number of hydrogen-bond donors (Lipinski definition) is 0. The smallest absolute Gasteiger partial charge is 0.107 e. The van der Waals surface area contributed by atoms with Gasteiger partial charge in [-0.15, -0.1) is 23.5 Å². The molecule has 0 saturated carbocycles. The molecular weight excluding hydrogens is 649 g/mol. The van der Waals surface area contributed by atoms with Gasteiger partial charge < -0.3 is 0 Å². The zero-order valence-electron chi connectivity index (χ0n) is 29.5. The highest BCUT2D eigenvalue weighted by Crippen LogP contribution is 2.35. The number of hydrogen-bond acceptors (Lipinski definition) is 6. The fourth-order valence-electron chi connectivity index (χ4n) is 5.73. The van der Waals surface area contributed by atoms with E-state index in [0.717, 1.165) is 7.06 Å². The average Bonchev–Trinajstić information content (AvgIpc) is 3.03. The van der Waals surface area contributed by atoms with E-state index in [1.54, 1.807) is 21.6 Å². The third-order valence-corrected chi connectivity index (χ3v) is 15.4. The maximum absolute atomic E-state index is 5.58. The van der Waals surface area contributed by atoms with Crippen molar-refractivity contribution in [1.29, 1.82) is 0 Å². The summed E-state index contributed by atoms with van der Waals surface area (Å²) in [5.74, 6) is 2.34. The summed E-state index contributed by atoms with van der Waals surface area (Å²) in [5.41, 5.74) is 0. The summed E-state index contributed by atoms with van der Waals surface area (Å²) in [6.45, 7) is 4.60. The van der Waals surface area contributed by atoms with Gasteiger partial charge in [0.1, 0.15) is 7.06 Å². The largest absolute Gasteiger partial charge is 0.115 e. The van der Waals surface area contributed by atoms with Crippen LogP contribution in [0.15, 0.2) is 0 Å². The fourth-order valence-corrected chi connectivity index (χ4v) is 10.8. The van der Waals surface area contributed by atoms with E-state index >= 15 is 0 Å². The molecule has 6 heteroatoms. The highest BCUT2D eigenvalue weighted by Gasteiger charge is 2.05. The molecule has 0 aliphatic heterocycles. The molecule has 0 aliphatic rings. The second-order valence-electron chi connectivity index (χ2n) is 13.0. The van der Waals surface area contributed by atoms with Gasteiger partial charge in [0.05, 0.1) is 0 Å². The molecule has 0 amide bonds. The molecule has 0 aromatic rings. The maximum Gasteiger partial charge on any atom is 0.115 e. The quantitative estimate of drug-likeness (QED) is 0.0366. The summed E-state index contributed by atoms with van der Waals surface area (Å²) >= 11 is 14.9. The summed E-state index contributed by atoms with van der Waals surface area (Å²) in [6, 6.07) is 0. The van der Waals surface area contributed by atoms with Crippen LogP contribution >= 0.6 is 69.5 Å². The fraction of sp³-hybridized carbons (Fsp3) is 0.947. The Morgan fingerprint density at radius 2 is 0.477 bits per heavy atom. The zero-order chi connectivity index (χ0) is 32.0. The Morgan fingerprint density at radius 3 is 0.682 bits per heavy atom. The lowest BCUT2D eigenvalue weighted by atomic mass is 10.0. The van der Waals surface area contributed by atoms with Crippen LogP contribution in [-0.2, 0) is 0 Å². The minimum atomic E-state index is 1.06. The summed E-state index contributed by atoms with van der Waals surface area (Å²) < 4.78 is 2.11. The molecule has 0 radical (unpaired) electrons. The van der Waals surface area contributed by atoms with Crippen molar-refractivity contribution in [2.45, 2.75) is 219 Å². The van der Waals surface area contributed by atoms with E-state index in [1.807, 2.05) is 23.5 Å². The van der Waals surface area contributed by atoms with E-state index in [4.69, 9.17) is 24.4 Å².